The maximum Gasteiger partial charge on any atom is 0.310 e. The number of hydrogen-bond acceptors (Lipinski definition) is 6. The van der Waals surface area contributed by atoms with Crippen LogP contribution < -0.4 is 0 Å². The highest BCUT2D eigenvalue weighted by Gasteiger charge is 2.19. The molecule has 0 aliphatic rings. The lowest BCUT2D eigenvalue weighted by Gasteiger charge is -2.18. The van der Waals surface area contributed by atoms with Crippen LogP contribution in [0.3, 0.4) is 0 Å². The highest BCUT2D eigenvalue weighted by molar-refractivity contribution is 5.72. The molecular formula is C72H110O6. The molecule has 78 heavy (non-hydrogen) atoms. The monoisotopic (exact) mass is 1070 g/mol. The maximum atomic E-state index is 12.8. The van der Waals surface area contributed by atoms with E-state index in [9.17, 15) is 14.4 Å². The van der Waals surface area contributed by atoms with E-state index in [1.807, 2.05) is 6.08 Å². The first-order valence-corrected chi connectivity index (χ1v) is 30.8. The van der Waals surface area contributed by atoms with Gasteiger partial charge in [-0.05, 0) is 122 Å². The number of carbonyl (C=O) groups is 3. The normalized spacial score (nSPS) is 13.4. The second kappa shape index (κ2) is 64.0. The molecule has 0 aromatic rings. The smallest absolute Gasteiger partial charge is 0.310 e. The van der Waals surface area contributed by atoms with Crippen molar-refractivity contribution in [1.29, 1.82) is 0 Å². The zero-order valence-corrected chi connectivity index (χ0v) is 49.6. The summed E-state index contributed by atoms with van der Waals surface area (Å²) in [5.74, 6) is -1.10. The van der Waals surface area contributed by atoms with Gasteiger partial charge in [0.2, 0.25) is 0 Å². The van der Waals surface area contributed by atoms with Gasteiger partial charge in [-0.2, -0.15) is 0 Å². The van der Waals surface area contributed by atoms with Crippen molar-refractivity contribution in [2.45, 2.75) is 239 Å². The van der Waals surface area contributed by atoms with Crippen molar-refractivity contribution < 1.29 is 28.6 Å². The molecule has 1 unspecified atom stereocenters. The van der Waals surface area contributed by atoms with Gasteiger partial charge in [-0.25, -0.2) is 0 Å². The summed E-state index contributed by atoms with van der Waals surface area (Å²) in [5, 5.41) is 0. The van der Waals surface area contributed by atoms with Crippen molar-refractivity contribution in [3.8, 4) is 0 Å². The second-order valence-electron chi connectivity index (χ2n) is 19.5. The first kappa shape index (κ1) is 72.5. The Hall–Kier alpha value is -5.49. The summed E-state index contributed by atoms with van der Waals surface area (Å²) in [6, 6.07) is 0. The minimum atomic E-state index is -0.850. The van der Waals surface area contributed by atoms with Gasteiger partial charge >= 0.3 is 17.9 Å². The van der Waals surface area contributed by atoms with Crippen molar-refractivity contribution in [1.82, 2.24) is 0 Å². The van der Waals surface area contributed by atoms with Crippen LogP contribution in [0.5, 0.6) is 0 Å². The average molecular weight is 1070 g/mol. The van der Waals surface area contributed by atoms with E-state index in [0.29, 0.717) is 19.3 Å². The lowest BCUT2D eigenvalue weighted by molar-refractivity contribution is -0.166. The van der Waals surface area contributed by atoms with Gasteiger partial charge in [0, 0.05) is 12.8 Å². The first-order valence-electron chi connectivity index (χ1n) is 30.8. The van der Waals surface area contributed by atoms with E-state index in [-0.39, 0.29) is 31.6 Å². The molecule has 0 radical (unpaired) electrons. The summed E-state index contributed by atoms with van der Waals surface area (Å²) in [6.07, 6.45) is 96.5. The molecule has 0 spiro atoms. The van der Waals surface area contributed by atoms with Gasteiger partial charge in [-0.3, -0.25) is 14.4 Å². The van der Waals surface area contributed by atoms with Gasteiger partial charge in [-0.1, -0.05) is 274 Å². The predicted octanol–water partition coefficient (Wildman–Crippen LogP) is 21.3. The molecule has 0 aliphatic carbocycles. The molecule has 0 aromatic heterocycles. The summed E-state index contributed by atoms with van der Waals surface area (Å²) >= 11 is 0. The Morgan fingerprint density at radius 2 is 0.538 bits per heavy atom. The van der Waals surface area contributed by atoms with Gasteiger partial charge in [0.15, 0.2) is 6.10 Å². The third-order valence-corrected chi connectivity index (χ3v) is 12.2. The number of carbonyl (C=O) groups excluding carboxylic acids is 3. The Balaban J connectivity index is 4.35. The molecule has 0 rings (SSSR count). The van der Waals surface area contributed by atoms with E-state index in [1.54, 1.807) is 6.08 Å². The number of unbranched alkanes of at least 4 members (excludes halogenated alkanes) is 13. The number of ether oxygens (including phenoxy) is 3. The zero-order chi connectivity index (χ0) is 56.4. The quantitative estimate of drug-likeness (QED) is 0.0261. The molecule has 0 aromatic carbocycles. The molecule has 0 bridgehead atoms. The predicted molar refractivity (Wildman–Crippen MR) is 338 cm³/mol. The van der Waals surface area contributed by atoms with Crippen LogP contribution in [0, 0.1) is 0 Å². The number of rotatable bonds is 53. The van der Waals surface area contributed by atoms with Crippen molar-refractivity contribution >= 4 is 17.9 Å². The van der Waals surface area contributed by atoms with Crippen LogP contribution in [0.4, 0.5) is 0 Å². The Labute approximate surface area is 478 Å². The van der Waals surface area contributed by atoms with Crippen LogP contribution in [0.2, 0.25) is 0 Å². The van der Waals surface area contributed by atoms with Crippen molar-refractivity contribution in [2.75, 3.05) is 13.2 Å². The fraction of sp³-hybridized carbons (Fsp3) is 0.542. The van der Waals surface area contributed by atoms with E-state index in [4.69, 9.17) is 14.2 Å². The SMILES string of the molecule is CC/C=C\C/C=C\C/C=C\C/C=C\C/C=C\C/C=C\C/C=C\C/C=C\C/C=C\C/C=C\CCCCCCC(=O)OCC(COC(=O)CCCCCCCCCCCC)OC(=O)C/C=C\C/C=C\C/C=C\C/C=C\C/C=C\CC. The molecule has 0 aliphatic heterocycles. The molecule has 434 valence electrons. The van der Waals surface area contributed by atoms with E-state index >= 15 is 0 Å². The minimum absolute atomic E-state index is 0.0836. The Bertz CT molecular complexity index is 1850. The van der Waals surface area contributed by atoms with E-state index in [1.165, 1.54) is 44.9 Å². The topological polar surface area (TPSA) is 78.9 Å². The Kier molecular flexibility index (Phi) is 59.5. The van der Waals surface area contributed by atoms with Crippen molar-refractivity contribution in [3.63, 3.8) is 0 Å². The largest absolute Gasteiger partial charge is 0.462 e. The van der Waals surface area contributed by atoms with Gasteiger partial charge < -0.3 is 14.2 Å². The third-order valence-electron chi connectivity index (χ3n) is 12.2. The molecule has 1 atom stereocenters. The van der Waals surface area contributed by atoms with E-state index in [0.717, 1.165) is 141 Å². The molecule has 6 heteroatoms. The zero-order valence-electron chi connectivity index (χ0n) is 49.6. The Morgan fingerprint density at radius 3 is 0.846 bits per heavy atom. The van der Waals surface area contributed by atoms with E-state index < -0.39 is 12.1 Å². The lowest BCUT2D eigenvalue weighted by Crippen LogP contribution is -2.30. The average Bonchev–Trinajstić information content (AvgIpc) is 3.44. The van der Waals surface area contributed by atoms with Gasteiger partial charge in [-0.15, -0.1) is 0 Å². The molecular weight excluding hydrogens is 961 g/mol. The molecule has 6 nitrogen and oxygen atoms in total. The number of esters is 3. The van der Waals surface area contributed by atoms with Crippen LogP contribution in [0.1, 0.15) is 233 Å². The number of hydrogen-bond donors (Lipinski definition) is 0. The van der Waals surface area contributed by atoms with Crippen molar-refractivity contribution in [2.24, 2.45) is 0 Å². The molecule has 0 amide bonds. The molecule has 0 N–H and O–H groups in total. The maximum absolute atomic E-state index is 12.8. The van der Waals surface area contributed by atoms with Gasteiger partial charge in [0.1, 0.15) is 13.2 Å². The number of allylic oxidation sites excluding steroid dienone is 29. The van der Waals surface area contributed by atoms with Crippen LogP contribution in [-0.4, -0.2) is 37.2 Å². The van der Waals surface area contributed by atoms with Crippen molar-refractivity contribution in [3.05, 3.63) is 182 Å². The standard InChI is InChI=1S/C72H110O6/c1-4-7-10-13-16-19-22-24-26-27-28-29-30-31-32-33-34-35-36-37-38-39-40-41-42-43-44-45-47-48-50-53-56-59-62-65-71(74)77-68-69(67-76-70(73)64-61-58-55-52-21-18-15-12-9-6-3)78-72(75)66-63-60-57-54-51-49-46-25-23-20-17-14-11-8-5-2/h7-8,10-11,16-17,19-20,24-26,28-29,31-32,34-35,37-38,40-41,43-44,46-48,51,54,60,63,69H,4-6,9,12-15,18,21-23,27,30,33,36,39,42,45,49-50,52-53,55-59,61-62,64-68H2,1-3H3/b10-7-,11-8-,19-16-,20-17-,26-24-,29-28-,32-31-,35-34-,38-37-,41-40-,44-43-,46-25-,48-47-,54-51-,63-60-. The molecule has 0 saturated carbocycles. The van der Waals surface area contributed by atoms with Gasteiger partial charge in [0.05, 0.1) is 6.42 Å². The molecule has 0 heterocycles. The summed E-state index contributed by atoms with van der Waals surface area (Å²) < 4.78 is 16.7. The van der Waals surface area contributed by atoms with Crippen LogP contribution in [0.15, 0.2) is 182 Å². The lowest BCUT2D eigenvalue weighted by atomic mass is 10.1. The summed E-state index contributed by atoms with van der Waals surface area (Å²) in [4.78, 5) is 38.0. The fourth-order valence-corrected chi connectivity index (χ4v) is 7.66. The summed E-state index contributed by atoms with van der Waals surface area (Å²) in [7, 11) is 0. The fourth-order valence-electron chi connectivity index (χ4n) is 7.66. The first-order chi connectivity index (χ1) is 38.5. The molecule has 0 fully saturated rings. The summed E-state index contributed by atoms with van der Waals surface area (Å²) in [5.41, 5.74) is 0. The van der Waals surface area contributed by atoms with E-state index in [2.05, 4.69) is 191 Å². The highest BCUT2D eigenvalue weighted by Crippen LogP contribution is 2.13. The molecule has 0 saturated heterocycles. The van der Waals surface area contributed by atoms with Crippen LogP contribution in [0.25, 0.3) is 0 Å². The van der Waals surface area contributed by atoms with Crippen LogP contribution in [-0.2, 0) is 28.6 Å². The third kappa shape index (κ3) is 61.4. The second-order valence-corrected chi connectivity index (χ2v) is 19.5. The van der Waals surface area contributed by atoms with Crippen LogP contribution >= 0.6 is 0 Å². The van der Waals surface area contributed by atoms with Gasteiger partial charge in [0.25, 0.3) is 0 Å². The highest BCUT2D eigenvalue weighted by atomic mass is 16.6. The summed E-state index contributed by atoms with van der Waals surface area (Å²) in [6.45, 7) is 6.27. The Morgan fingerprint density at radius 1 is 0.282 bits per heavy atom. The minimum Gasteiger partial charge on any atom is -0.462 e.